The third-order valence-corrected chi connectivity index (χ3v) is 4.36. The molecular formula is C11H17N5OS. The Morgan fingerprint density at radius 3 is 2.89 bits per heavy atom. The van der Waals surface area contributed by atoms with Crippen LogP contribution in [0.4, 0.5) is 0 Å². The standard InChI is InChI=1S/C11H17N5OS/c1-11(2)8(4-9(11)17)14-10-7(5-12)6-18-16(13-3)15-10/h6,8-9,13,17H,4H2,1-3H3,(H,14,15)/t8-,9+/m1/s1. The summed E-state index contributed by atoms with van der Waals surface area (Å²) in [6.45, 7) is 4.01. The average Bonchev–Trinajstić information content (AvgIpc) is 2.38. The number of nitrogens with one attached hydrogen (secondary N) is 2. The number of nitrogens with zero attached hydrogens (tertiary/aromatic N) is 3. The van der Waals surface area contributed by atoms with Crippen LogP contribution in [0.25, 0.3) is 0 Å². The number of amidine groups is 1. The van der Waals surface area contributed by atoms with Crippen LogP contribution in [0.3, 0.4) is 0 Å². The molecule has 2 atom stereocenters. The van der Waals surface area contributed by atoms with Gasteiger partial charge in [-0.05, 0) is 6.42 Å². The quantitative estimate of drug-likeness (QED) is 0.634. The summed E-state index contributed by atoms with van der Waals surface area (Å²) in [5, 5.41) is 28.0. The van der Waals surface area contributed by atoms with Gasteiger partial charge in [-0.3, -0.25) is 0 Å². The lowest BCUT2D eigenvalue weighted by atomic mass is 9.64. The number of hydrazone groups is 1. The number of nitriles is 1. The molecule has 0 saturated heterocycles. The zero-order chi connectivity index (χ0) is 13.3. The lowest BCUT2D eigenvalue weighted by Crippen LogP contribution is -2.61. The minimum Gasteiger partial charge on any atom is -0.392 e. The molecule has 7 heteroatoms. The van der Waals surface area contributed by atoms with E-state index in [9.17, 15) is 5.11 Å². The van der Waals surface area contributed by atoms with E-state index in [0.29, 0.717) is 17.8 Å². The minimum atomic E-state index is -0.302. The topological polar surface area (TPSA) is 83.7 Å². The molecule has 2 aliphatic rings. The van der Waals surface area contributed by atoms with Crippen LogP contribution in [0.5, 0.6) is 0 Å². The SMILES string of the molecule is CNN1N=C(N[C@@H]2C[C@H](O)C2(C)C)C(C#N)=CS1. The Labute approximate surface area is 111 Å². The molecule has 0 spiro atoms. The number of aliphatic hydroxyl groups is 1. The second-order valence-corrected chi connectivity index (χ2v) is 5.76. The van der Waals surface area contributed by atoms with Crippen LogP contribution in [-0.2, 0) is 0 Å². The summed E-state index contributed by atoms with van der Waals surface area (Å²) >= 11 is 1.31. The molecule has 0 aromatic carbocycles. The van der Waals surface area contributed by atoms with Crippen molar-refractivity contribution in [3.05, 3.63) is 11.0 Å². The molecule has 0 aromatic rings. The zero-order valence-corrected chi connectivity index (χ0v) is 11.5. The van der Waals surface area contributed by atoms with Gasteiger partial charge in [0.15, 0.2) is 5.84 Å². The van der Waals surface area contributed by atoms with Gasteiger partial charge >= 0.3 is 0 Å². The molecule has 1 aliphatic heterocycles. The summed E-state index contributed by atoms with van der Waals surface area (Å²) in [6, 6.07) is 2.25. The molecule has 2 rings (SSSR count). The molecule has 0 radical (unpaired) electrons. The van der Waals surface area contributed by atoms with E-state index in [1.165, 1.54) is 11.9 Å². The van der Waals surface area contributed by atoms with Gasteiger partial charge in [-0.15, -0.1) is 5.10 Å². The highest BCUT2D eigenvalue weighted by Gasteiger charge is 2.48. The Kier molecular flexibility index (Phi) is 3.52. The molecule has 1 heterocycles. The molecular weight excluding hydrogens is 250 g/mol. The zero-order valence-electron chi connectivity index (χ0n) is 10.6. The van der Waals surface area contributed by atoms with Crippen molar-refractivity contribution in [2.75, 3.05) is 7.05 Å². The van der Waals surface area contributed by atoms with E-state index in [0.717, 1.165) is 0 Å². The number of aliphatic hydroxyl groups excluding tert-OH is 1. The monoisotopic (exact) mass is 267 g/mol. The van der Waals surface area contributed by atoms with Crippen LogP contribution >= 0.6 is 11.9 Å². The van der Waals surface area contributed by atoms with E-state index in [-0.39, 0.29) is 17.6 Å². The summed E-state index contributed by atoms with van der Waals surface area (Å²) in [6.07, 6.45) is 0.376. The van der Waals surface area contributed by atoms with Gasteiger partial charge in [0.1, 0.15) is 11.6 Å². The molecule has 0 amide bonds. The van der Waals surface area contributed by atoms with Gasteiger partial charge < -0.3 is 10.4 Å². The fourth-order valence-electron chi connectivity index (χ4n) is 1.93. The fourth-order valence-corrected chi connectivity index (χ4v) is 2.53. The van der Waals surface area contributed by atoms with Gasteiger partial charge in [0.2, 0.25) is 0 Å². The Hall–Kier alpha value is -1.23. The predicted octanol–water partition coefficient (Wildman–Crippen LogP) is 0.555. The van der Waals surface area contributed by atoms with Crippen LogP contribution in [0.2, 0.25) is 0 Å². The normalized spacial score (nSPS) is 29.8. The highest BCUT2D eigenvalue weighted by molar-refractivity contribution is 7.99. The minimum absolute atomic E-state index is 0.129. The van der Waals surface area contributed by atoms with E-state index in [1.54, 1.807) is 17.0 Å². The molecule has 3 N–H and O–H groups in total. The summed E-state index contributed by atoms with van der Waals surface area (Å²) in [4.78, 5) is 0. The van der Waals surface area contributed by atoms with E-state index in [2.05, 4.69) is 21.9 Å². The molecule has 98 valence electrons. The van der Waals surface area contributed by atoms with Gasteiger partial charge in [-0.25, -0.2) is 5.43 Å². The summed E-state index contributed by atoms with van der Waals surface area (Å²) < 4.78 is 1.57. The van der Waals surface area contributed by atoms with Gasteiger partial charge in [0.05, 0.1) is 6.10 Å². The first kappa shape index (κ1) is 13.2. The molecule has 1 saturated carbocycles. The van der Waals surface area contributed by atoms with Gasteiger partial charge in [-0.1, -0.05) is 13.8 Å². The van der Waals surface area contributed by atoms with Crippen molar-refractivity contribution in [2.45, 2.75) is 32.4 Å². The molecule has 0 bridgehead atoms. The van der Waals surface area contributed by atoms with Gasteiger partial charge in [0, 0.05) is 35.9 Å². The van der Waals surface area contributed by atoms with Crippen molar-refractivity contribution in [3.8, 4) is 6.07 Å². The summed E-state index contributed by atoms with van der Waals surface area (Å²) in [5.74, 6) is 0.551. The number of rotatable bonds is 2. The lowest BCUT2D eigenvalue weighted by Gasteiger charge is -2.50. The smallest absolute Gasteiger partial charge is 0.167 e. The molecule has 0 aromatic heterocycles. The van der Waals surface area contributed by atoms with E-state index in [4.69, 9.17) is 5.26 Å². The number of hydrazine groups is 1. The van der Waals surface area contributed by atoms with Crippen LogP contribution < -0.4 is 10.7 Å². The first-order valence-corrected chi connectivity index (χ1v) is 6.61. The summed E-state index contributed by atoms with van der Waals surface area (Å²) in [5.41, 5.74) is 3.20. The van der Waals surface area contributed by atoms with Gasteiger partial charge in [0.25, 0.3) is 0 Å². The van der Waals surface area contributed by atoms with E-state index < -0.39 is 0 Å². The Balaban J connectivity index is 2.10. The maximum Gasteiger partial charge on any atom is 0.167 e. The number of hydrogen-bond acceptors (Lipinski definition) is 7. The first-order valence-electron chi connectivity index (χ1n) is 5.77. The van der Waals surface area contributed by atoms with E-state index >= 15 is 0 Å². The highest BCUT2D eigenvalue weighted by atomic mass is 32.2. The number of hydrogen-bond donors (Lipinski definition) is 3. The third-order valence-electron chi connectivity index (χ3n) is 3.55. The van der Waals surface area contributed by atoms with Crippen molar-refractivity contribution in [1.29, 1.82) is 5.26 Å². The molecule has 18 heavy (non-hydrogen) atoms. The van der Waals surface area contributed by atoms with Crippen LogP contribution in [0.1, 0.15) is 20.3 Å². The van der Waals surface area contributed by atoms with Crippen molar-refractivity contribution in [3.63, 3.8) is 0 Å². The Bertz CT molecular complexity index is 439. The highest BCUT2D eigenvalue weighted by Crippen LogP contribution is 2.40. The fraction of sp³-hybridized carbons (Fsp3) is 0.636. The second kappa shape index (κ2) is 4.80. The Morgan fingerprint density at radius 1 is 1.67 bits per heavy atom. The van der Waals surface area contributed by atoms with Crippen molar-refractivity contribution >= 4 is 17.8 Å². The molecule has 0 unspecified atom stereocenters. The summed E-state index contributed by atoms with van der Waals surface area (Å²) in [7, 11) is 1.76. The average molecular weight is 267 g/mol. The van der Waals surface area contributed by atoms with Crippen molar-refractivity contribution in [1.82, 2.24) is 15.3 Å². The maximum absolute atomic E-state index is 9.71. The second-order valence-electron chi connectivity index (χ2n) is 4.96. The van der Waals surface area contributed by atoms with E-state index in [1.807, 2.05) is 13.8 Å². The Morgan fingerprint density at radius 2 is 2.39 bits per heavy atom. The first-order chi connectivity index (χ1) is 8.48. The maximum atomic E-state index is 9.71. The van der Waals surface area contributed by atoms with Gasteiger partial charge in [-0.2, -0.15) is 9.79 Å². The predicted molar refractivity (Wildman–Crippen MR) is 70.9 cm³/mol. The van der Waals surface area contributed by atoms with Crippen LogP contribution in [0, 0.1) is 16.7 Å². The molecule has 1 fully saturated rings. The molecule has 1 aliphatic carbocycles. The van der Waals surface area contributed by atoms with Crippen LogP contribution in [0.15, 0.2) is 16.1 Å². The molecule has 6 nitrogen and oxygen atoms in total. The lowest BCUT2D eigenvalue weighted by molar-refractivity contribution is -0.0659. The van der Waals surface area contributed by atoms with Crippen molar-refractivity contribution < 1.29 is 5.11 Å². The van der Waals surface area contributed by atoms with Crippen LogP contribution in [-0.4, -0.2) is 34.7 Å². The third kappa shape index (κ3) is 2.19. The van der Waals surface area contributed by atoms with Crippen molar-refractivity contribution in [2.24, 2.45) is 10.5 Å². The largest absolute Gasteiger partial charge is 0.392 e.